The highest BCUT2D eigenvalue weighted by molar-refractivity contribution is 5.77. The minimum absolute atomic E-state index is 0.0233. The Balaban J connectivity index is 1.44. The fraction of sp³-hybridized carbons (Fsp3) is 0.577. The zero-order valence-electron chi connectivity index (χ0n) is 20.1. The number of benzene rings is 1. The first-order valence-corrected chi connectivity index (χ1v) is 12.1. The summed E-state index contributed by atoms with van der Waals surface area (Å²) in [6.07, 6.45) is 2.75. The quantitative estimate of drug-likeness (QED) is 0.721. The number of likely N-dealkylation sites (tertiary alicyclic amines) is 1. The average Bonchev–Trinajstić information content (AvgIpc) is 3.34. The van der Waals surface area contributed by atoms with Gasteiger partial charge in [-0.3, -0.25) is 14.3 Å². The van der Waals surface area contributed by atoms with E-state index in [2.05, 4.69) is 5.10 Å². The Morgan fingerprint density at radius 3 is 2.79 bits per heavy atom. The third-order valence-corrected chi connectivity index (χ3v) is 7.97. The highest BCUT2D eigenvalue weighted by atomic mass is 16.5. The molecule has 1 N–H and O–H groups in total. The van der Waals surface area contributed by atoms with Crippen LogP contribution in [0.2, 0.25) is 0 Å². The molecule has 1 aromatic heterocycles. The maximum atomic E-state index is 13.5. The topological polar surface area (TPSA) is 93.9 Å². The van der Waals surface area contributed by atoms with Crippen LogP contribution in [0.25, 0.3) is 0 Å². The number of aliphatic carboxylic acids is 1. The number of aromatic nitrogens is 2. The van der Waals surface area contributed by atoms with Crippen molar-refractivity contribution in [3.63, 3.8) is 0 Å². The number of hydrogen-bond donors (Lipinski definition) is 1. The summed E-state index contributed by atoms with van der Waals surface area (Å²) in [5.41, 5.74) is 1.77. The Labute approximate surface area is 199 Å². The van der Waals surface area contributed by atoms with E-state index in [0.717, 1.165) is 42.0 Å². The van der Waals surface area contributed by atoms with Gasteiger partial charge >= 0.3 is 5.97 Å². The molecule has 3 aliphatic rings. The molecular formula is C26H33N3O5. The summed E-state index contributed by atoms with van der Waals surface area (Å²) in [4.78, 5) is 26.9. The second kappa shape index (κ2) is 8.41. The van der Waals surface area contributed by atoms with Crippen LogP contribution in [-0.4, -0.2) is 56.0 Å². The van der Waals surface area contributed by atoms with Crippen molar-refractivity contribution in [1.29, 1.82) is 0 Å². The van der Waals surface area contributed by atoms with Gasteiger partial charge in [0.15, 0.2) is 0 Å². The Bertz CT molecular complexity index is 1110. The molecule has 8 heteroatoms. The molecule has 1 amide bonds. The number of para-hydroxylation sites is 1. The summed E-state index contributed by atoms with van der Waals surface area (Å²) in [5.74, 6) is -0.0848. The van der Waals surface area contributed by atoms with E-state index in [4.69, 9.17) is 9.47 Å². The second-order valence-corrected chi connectivity index (χ2v) is 10.3. The molecular weight excluding hydrogens is 434 g/mol. The summed E-state index contributed by atoms with van der Waals surface area (Å²) in [5, 5.41) is 13.9. The van der Waals surface area contributed by atoms with Gasteiger partial charge in [0.05, 0.1) is 23.9 Å². The largest absolute Gasteiger partial charge is 0.487 e. The highest BCUT2D eigenvalue weighted by Crippen LogP contribution is 2.55. The van der Waals surface area contributed by atoms with Crippen LogP contribution in [0.3, 0.4) is 0 Å². The molecule has 0 radical (unpaired) electrons. The summed E-state index contributed by atoms with van der Waals surface area (Å²) in [6, 6.07) is 9.84. The van der Waals surface area contributed by atoms with Crippen LogP contribution < -0.4 is 4.74 Å². The van der Waals surface area contributed by atoms with Crippen LogP contribution in [0, 0.1) is 19.8 Å². The third-order valence-electron chi connectivity index (χ3n) is 7.97. The fourth-order valence-corrected chi connectivity index (χ4v) is 6.24. The minimum atomic E-state index is -0.839. The molecule has 2 aromatic rings. The van der Waals surface area contributed by atoms with Crippen molar-refractivity contribution < 1.29 is 24.2 Å². The van der Waals surface area contributed by atoms with Crippen LogP contribution in [0.5, 0.6) is 5.75 Å². The van der Waals surface area contributed by atoms with Gasteiger partial charge in [0.2, 0.25) is 5.91 Å². The van der Waals surface area contributed by atoms with Crippen molar-refractivity contribution in [1.82, 2.24) is 14.7 Å². The molecule has 2 fully saturated rings. The number of hydrogen-bond acceptors (Lipinski definition) is 5. The van der Waals surface area contributed by atoms with Crippen molar-refractivity contribution in [3.05, 3.63) is 47.3 Å². The van der Waals surface area contributed by atoms with Gasteiger partial charge in [-0.05, 0) is 58.6 Å². The average molecular weight is 468 g/mol. The Kier molecular flexibility index (Phi) is 5.67. The number of fused-ring (bicyclic) bond motifs is 3. The molecule has 4 atom stereocenters. The van der Waals surface area contributed by atoms with Crippen molar-refractivity contribution in [2.45, 2.75) is 76.7 Å². The lowest BCUT2D eigenvalue weighted by Gasteiger charge is -2.54. The Hall–Kier alpha value is -2.87. The van der Waals surface area contributed by atoms with Crippen molar-refractivity contribution in [2.24, 2.45) is 5.92 Å². The molecule has 34 heavy (non-hydrogen) atoms. The summed E-state index contributed by atoms with van der Waals surface area (Å²) in [6.45, 7) is 7.28. The van der Waals surface area contributed by atoms with Gasteiger partial charge in [-0.1, -0.05) is 18.2 Å². The maximum Gasteiger partial charge on any atom is 0.303 e. The van der Waals surface area contributed by atoms with Crippen LogP contribution in [0.1, 0.15) is 62.1 Å². The molecule has 1 aromatic carbocycles. The zero-order valence-corrected chi connectivity index (χ0v) is 20.1. The molecule has 3 aliphatic heterocycles. The Morgan fingerprint density at radius 1 is 1.26 bits per heavy atom. The van der Waals surface area contributed by atoms with E-state index in [0.29, 0.717) is 19.6 Å². The number of amides is 1. The van der Waals surface area contributed by atoms with E-state index in [1.54, 1.807) is 4.68 Å². The van der Waals surface area contributed by atoms with E-state index in [-0.39, 0.29) is 30.9 Å². The maximum absolute atomic E-state index is 13.5. The molecule has 0 saturated carbocycles. The molecule has 8 nitrogen and oxygen atoms in total. The van der Waals surface area contributed by atoms with Crippen molar-refractivity contribution in [3.8, 4) is 5.75 Å². The fourth-order valence-electron chi connectivity index (χ4n) is 6.24. The van der Waals surface area contributed by atoms with Crippen LogP contribution in [0.15, 0.2) is 30.3 Å². The van der Waals surface area contributed by atoms with E-state index in [1.807, 2.05) is 56.0 Å². The number of rotatable bonds is 5. The molecule has 0 aliphatic carbocycles. The van der Waals surface area contributed by atoms with Gasteiger partial charge in [-0.15, -0.1) is 0 Å². The van der Waals surface area contributed by atoms with Crippen LogP contribution >= 0.6 is 0 Å². The van der Waals surface area contributed by atoms with E-state index >= 15 is 0 Å². The van der Waals surface area contributed by atoms with E-state index < -0.39 is 17.1 Å². The lowest BCUT2D eigenvalue weighted by Crippen LogP contribution is -2.60. The van der Waals surface area contributed by atoms with Gasteiger partial charge < -0.3 is 19.5 Å². The number of carboxylic acids is 1. The second-order valence-electron chi connectivity index (χ2n) is 10.3. The SMILES string of the molecule is Cc1cc(C)n(CC(=O)N2CCC[C@]23CO[C@H]2c4ccccc4O[C@@](C)(CCC(=O)O)[C@@H]2C3)n1. The standard InChI is InChI=1S/C26H33N3O5/c1-17-13-18(2)29(27-17)15-22(30)28-12-6-10-26(28)14-20-24(33-16-26)19-7-4-5-8-21(19)34-25(20,3)11-9-23(31)32/h4-5,7-8,13,20,24H,6,9-12,14-16H2,1-3H3,(H,31,32)/t20-,24+,25+,26+/m1/s1. The number of carbonyl (C=O) groups excluding carboxylic acids is 1. The molecule has 1 spiro atoms. The third kappa shape index (κ3) is 3.87. The first kappa shape index (κ1) is 22.9. The smallest absolute Gasteiger partial charge is 0.303 e. The first-order chi connectivity index (χ1) is 16.2. The summed E-state index contributed by atoms with van der Waals surface area (Å²) < 4.78 is 14.8. The number of nitrogens with zero attached hydrogens (tertiary/aromatic N) is 3. The highest BCUT2D eigenvalue weighted by Gasteiger charge is 2.57. The number of carboxylic acid groups (broad SMARTS) is 1. The van der Waals surface area contributed by atoms with Crippen molar-refractivity contribution in [2.75, 3.05) is 13.2 Å². The van der Waals surface area contributed by atoms with Crippen molar-refractivity contribution >= 4 is 11.9 Å². The van der Waals surface area contributed by atoms with Gasteiger partial charge in [-0.25, -0.2) is 0 Å². The molecule has 0 bridgehead atoms. The lowest BCUT2D eigenvalue weighted by molar-refractivity contribution is -0.180. The summed E-state index contributed by atoms with van der Waals surface area (Å²) in [7, 11) is 0. The molecule has 0 unspecified atom stereocenters. The van der Waals surface area contributed by atoms with Gasteiger partial charge in [0.25, 0.3) is 0 Å². The van der Waals surface area contributed by atoms with Crippen LogP contribution in [0.4, 0.5) is 0 Å². The Morgan fingerprint density at radius 2 is 2.06 bits per heavy atom. The predicted octanol–water partition coefficient (Wildman–Crippen LogP) is 3.65. The number of ether oxygens (including phenoxy) is 2. The monoisotopic (exact) mass is 467 g/mol. The van der Waals surface area contributed by atoms with Gasteiger partial charge in [0.1, 0.15) is 17.9 Å². The number of carbonyl (C=O) groups is 2. The van der Waals surface area contributed by atoms with Gasteiger partial charge in [0, 0.05) is 30.1 Å². The molecule has 2 saturated heterocycles. The first-order valence-electron chi connectivity index (χ1n) is 12.1. The van der Waals surface area contributed by atoms with Gasteiger partial charge in [-0.2, -0.15) is 5.10 Å². The minimum Gasteiger partial charge on any atom is -0.487 e. The van der Waals surface area contributed by atoms with E-state index in [1.165, 1.54) is 0 Å². The molecule has 4 heterocycles. The van der Waals surface area contributed by atoms with Crippen LogP contribution in [-0.2, 0) is 20.9 Å². The molecule has 182 valence electrons. The number of aryl methyl sites for hydroxylation is 2. The normalized spacial score (nSPS) is 30.0. The summed E-state index contributed by atoms with van der Waals surface area (Å²) >= 11 is 0. The zero-order chi connectivity index (χ0) is 24.1. The van der Waals surface area contributed by atoms with E-state index in [9.17, 15) is 14.7 Å². The lowest BCUT2D eigenvalue weighted by atomic mass is 9.68. The molecule has 5 rings (SSSR count). The predicted molar refractivity (Wildman–Crippen MR) is 125 cm³/mol.